The maximum absolute atomic E-state index is 12.9. The van der Waals surface area contributed by atoms with Gasteiger partial charge in [-0.25, -0.2) is 4.79 Å². The molecule has 28 heavy (non-hydrogen) atoms. The molecule has 3 rings (SSSR count). The lowest BCUT2D eigenvalue weighted by Gasteiger charge is -2.18. The highest BCUT2D eigenvalue weighted by Gasteiger charge is 2.26. The first kappa shape index (κ1) is 19.6. The lowest BCUT2D eigenvalue weighted by molar-refractivity contribution is -0.149. The number of ketones is 1. The van der Waals surface area contributed by atoms with Gasteiger partial charge in [-0.15, -0.1) is 0 Å². The first-order valence-corrected chi connectivity index (χ1v) is 9.15. The van der Waals surface area contributed by atoms with E-state index in [1.165, 1.54) is 0 Å². The first-order chi connectivity index (χ1) is 13.5. The van der Waals surface area contributed by atoms with Gasteiger partial charge in [-0.2, -0.15) is 0 Å². The minimum atomic E-state index is -1.04. The Kier molecular flexibility index (Phi) is 6.45. The fourth-order valence-electron chi connectivity index (χ4n) is 2.73. The molecule has 0 heterocycles. The summed E-state index contributed by atoms with van der Waals surface area (Å²) < 4.78 is 11.0. The highest BCUT2D eigenvalue weighted by molar-refractivity contribution is 6.30. The zero-order valence-electron chi connectivity index (χ0n) is 15.3. The summed E-state index contributed by atoms with van der Waals surface area (Å²) in [6, 6.07) is 22.8. The van der Waals surface area contributed by atoms with Gasteiger partial charge in [-0.1, -0.05) is 72.3 Å². The Morgan fingerprint density at radius 2 is 1.57 bits per heavy atom. The number of ether oxygens (including phenoxy) is 2. The second kappa shape index (κ2) is 9.20. The van der Waals surface area contributed by atoms with Gasteiger partial charge in [0.2, 0.25) is 5.78 Å². The quantitative estimate of drug-likeness (QED) is 0.408. The van der Waals surface area contributed by atoms with Crippen LogP contribution in [0.25, 0.3) is 0 Å². The third-order valence-corrected chi connectivity index (χ3v) is 4.37. The van der Waals surface area contributed by atoms with Crippen LogP contribution in [0, 0.1) is 6.92 Å². The van der Waals surface area contributed by atoms with Crippen molar-refractivity contribution in [1.29, 1.82) is 0 Å². The van der Waals surface area contributed by atoms with E-state index in [1.54, 1.807) is 66.7 Å². The van der Waals surface area contributed by atoms with E-state index in [0.29, 0.717) is 21.9 Å². The molecule has 0 amide bonds. The zero-order chi connectivity index (χ0) is 19.9. The molecule has 0 aliphatic carbocycles. The molecule has 0 saturated heterocycles. The number of benzene rings is 3. The van der Waals surface area contributed by atoms with Crippen molar-refractivity contribution in [3.63, 3.8) is 0 Å². The van der Waals surface area contributed by atoms with Gasteiger partial charge in [-0.3, -0.25) is 4.79 Å². The average molecular weight is 395 g/mol. The second-order valence-electron chi connectivity index (χ2n) is 6.21. The van der Waals surface area contributed by atoms with E-state index in [0.717, 1.165) is 5.56 Å². The Morgan fingerprint density at radius 3 is 2.21 bits per heavy atom. The van der Waals surface area contributed by atoms with Crippen LogP contribution in [0.4, 0.5) is 0 Å². The van der Waals surface area contributed by atoms with E-state index in [2.05, 4.69) is 0 Å². The standard InChI is InChI=1S/C23H19ClO4/c1-16-14-19(24)12-13-20(16)27-15-21(25)28-23(18-10-6-3-7-11-18)22(26)17-8-4-2-5-9-17/h2-14,23H,15H2,1H3. The minimum Gasteiger partial charge on any atom is -0.482 e. The van der Waals surface area contributed by atoms with Crippen molar-refractivity contribution in [1.82, 2.24) is 0 Å². The summed E-state index contributed by atoms with van der Waals surface area (Å²) in [6.45, 7) is 1.52. The normalized spacial score (nSPS) is 11.5. The predicted octanol–water partition coefficient (Wildman–Crippen LogP) is 5.19. The fourth-order valence-corrected chi connectivity index (χ4v) is 2.96. The van der Waals surface area contributed by atoms with Crippen LogP contribution in [-0.2, 0) is 9.53 Å². The molecule has 3 aromatic carbocycles. The first-order valence-electron chi connectivity index (χ1n) is 8.77. The van der Waals surface area contributed by atoms with E-state index >= 15 is 0 Å². The van der Waals surface area contributed by atoms with Crippen LogP contribution in [0.5, 0.6) is 5.75 Å². The van der Waals surface area contributed by atoms with Gasteiger partial charge in [0, 0.05) is 16.1 Å². The van der Waals surface area contributed by atoms with Gasteiger partial charge in [0.1, 0.15) is 5.75 Å². The smallest absolute Gasteiger partial charge is 0.345 e. The van der Waals surface area contributed by atoms with Crippen LogP contribution < -0.4 is 4.74 Å². The molecule has 0 fully saturated rings. The molecular formula is C23H19ClO4. The molecular weight excluding hydrogens is 376 g/mol. The van der Waals surface area contributed by atoms with E-state index in [9.17, 15) is 9.59 Å². The molecule has 0 spiro atoms. The number of esters is 1. The number of halogens is 1. The summed E-state index contributed by atoms with van der Waals surface area (Å²) in [5, 5.41) is 0.588. The topological polar surface area (TPSA) is 52.6 Å². The van der Waals surface area contributed by atoms with E-state index in [1.807, 2.05) is 19.1 Å². The Hall–Kier alpha value is -3.11. The van der Waals surface area contributed by atoms with E-state index < -0.39 is 12.1 Å². The second-order valence-corrected chi connectivity index (χ2v) is 6.65. The molecule has 0 bridgehead atoms. The third-order valence-electron chi connectivity index (χ3n) is 4.13. The Bertz CT molecular complexity index is 955. The van der Waals surface area contributed by atoms with Crippen molar-refractivity contribution in [3.05, 3.63) is 101 Å². The van der Waals surface area contributed by atoms with Gasteiger partial charge in [0.15, 0.2) is 12.7 Å². The maximum atomic E-state index is 12.9. The van der Waals surface area contributed by atoms with Crippen molar-refractivity contribution in [3.8, 4) is 5.75 Å². The number of rotatable bonds is 7. The Labute approximate surface area is 168 Å². The van der Waals surface area contributed by atoms with Crippen LogP contribution in [0.15, 0.2) is 78.9 Å². The molecule has 0 aromatic heterocycles. The summed E-state index contributed by atoms with van der Waals surface area (Å²) in [4.78, 5) is 25.3. The minimum absolute atomic E-state index is 0.289. The predicted molar refractivity (Wildman–Crippen MR) is 108 cm³/mol. The summed E-state index contributed by atoms with van der Waals surface area (Å²) in [5.41, 5.74) is 1.88. The molecule has 1 unspecified atom stereocenters. The average Bonchev–Trinajstić information content (AvgIpc) is 2.72. The van der Waals surface area contributed by atoms with Gasteiger partial charge in [-0.05, 0) is 30.7 Å². The fraction of sp³-hybridized carbons (Fsp3) is 0.130. The summed E-state index contributed by atoms with van der Waals surface area (Å²) in [6.07, 6.45) is -1.04. The van der Waals surface area contributed by atoms with Crippen LogP contribution in [0.1, 0.15) is 27.6 Å². The molecule has 0 radical (unpaired) electrons. The van der Waals surface area contributed by atoms with Crippen LogP contribution in [0.2, 0.25) is 5.02 Å². The maximum Gasteiger partial charge on any atom is 0.345 e. The van der Waals surface area contributed by atoms with E-state index in [-0.39, 0.29) is 12.4 Å². The SMILES string of the molecule is Cc1cc(Cl)ccc1OCC(=O)OC(C(=O)c1ccccc1)c1ccccc1. The zero-order valence-corrected chi connectivity index (χ0v) is 16.1. The van der Waals surface area contributed by atoms with Crippen LogP contribution in [0.3, 0.4) is 0 Å². The molecule has 0 saturated carbocycles. The number of carbonyl (C=O) groups excluding carboxylic acids is 2. The summed E-state index contributed by atoms with van der Waals surface area (Å²) >= 11 is 5.92. The van der Waals surface area contributed by atoms with Crippen molar-refractivity contribution < 1.29 is 19.1 Å². The number of Topliss-reactive ketones (excluding diaryl/α,β-unsaturated/α-hetero) is 1. The highest BCUT2D eigenvalue weighted by atomic mass is 35.5. The molecule has 1 atom stereocenters. The molecule has 0 aliphatic heterocycles. The number of aryl methyl sites for hydroxylation is 1. The summed E-state index contributed by atoms with van der Waals surface area (Å²) in [5.74, 6) is -0.387. The monoisotopic (exact) mass is 394 g/mol. The van der Waals surface area contributed by atoms with Crippen LogP contribution in [-0.4, -0.2) is 18.4 Å². The van der Waals surface area contributed by atoms with Gasteiger partial charge >= 0.3 is 5.97 Å². The molecule has 3 aromatic rings. The van der Waals surface area contributed by atoms with Gasteiger partial charge in [0.05, 0.1) is 0 Å². The molecule has 0 N–H and O–H groups in total. The highest BCUT2D eigenvalue weighted by Crippen LogP contribution is 2.24. The number of hydrogen-bond acceptors (Lipinski definition) is 4. The lowest BCUT2D eigenvalue weighted by Crippen LogP contribution is -2.23. The number of hydrogen-bond donors (Lipinski definition) is 0. The Balaban J connectivity index is 1.74. The van der Waals surface area contributed by atoms with Gasteiger partial charge in [0.25, 0.3) is 0 Å². The molecule has 0 aliphatic rings. The third kappa shape index (κ3) is 4.99. The number of carbonyl (C=O) groups is 2. The molecule has 5 heteroatoms. The van der Waals surface area contributed by atoms with Crippen LogP contribution >= 0.6 is 11.6 Å². The van der Waals surface area contributed by atoms with Crippen molar-refractivity contribution in [2.24, 2.45) is 0 Å². The molecule has 142 valence electrons. The van der Waals surface area contributed by atoms with Crippen molar-refractivity contribution >= 4 is 23.4 Å². The van der Waals surface area contributed by atoms with Crippen molar-refractivity contribution in [2.45, 2.75) is 13.0 Å². The van der Waals surface area contributed by atoms with E-state index in [4.69, 9.17) is 21.1 Å². The lowest BCUT2D eigenvalue weighted by atomic mass is 10.00. The summed E-state index contributed by atoms with van der Waals surface area (Å²) in [7, 11) is 0. The van der Waals surface area contributed by atoms with Crippen molar-refractivity contribution in [2.75, 3.05) is 6.61 Å². The Morgan fingerprint density at radius 1 is 0.929 bits per heavy atom. The largest absolute Gasteiger partial charge is 0.482 e. The van der Waals surface area contributed by atoms with Gasteiger partial charge < -0.3 is 9.47 Å². The molecule has 4 nitrogen and oxygen atoms in total.